The van der Waals surface area contributed by atoms with Crippen LogP contribution >= 0.6 is 12.4 Å². The second kappa shape index (κ2) is 7.79. The third kappa shape index (κ3) is 4.01. The number of nitrogens with zero attached hydrogens (tertiary/aromatic N) is 2. The van der Waals surface area contributed by atoms with E-state index < -0.39 is 0 Å². The Morgan fingerprint density at radius 2 is 1.72 bits per heavy atom. The lowest BCUT2D eigenvalue weighted by atomic mass is 9.89. The van der Waals surface area contributed by atoms with Crippen molar-refractivity contribution in [3.63, 3.8) is 0 Å². The van der Waals surface area contributed by atoms with Crippen LogP contribution in [0.25, 0.3) is 0 Å². The highest BCUT2D eigenvalue weighted by atomic mass is 35.5. The Balaban J connectivity index is 0.00000182. The molecule has 2 atom stereocenters. The summed E-state index contributed by atoms with van der Waals surface area (Å²) < 4.78 is 5.17. The van der Waals surface area contributed by atoms with Crippen LogP contribution in [0, 0.1) is 5.92 Å². The number of carbonyl (C=O) groups is 2. The molecule has 1 aromatic heterocycles. The van der Waals surface area contributed by atoms with Crippen LogP contribution in [0.2, 0.25) is 0 Å². The molecule has 6 nitrogen and oxygen atoms in total. The van der Waals surface area contributed by atoms with E-state index in [0.717, 1.165) is 12.8 Å². The van der Waals surface area contributed by atoms with Gasteiger partial charge < -0.3 is 19.5 Å². The molecular formula is C18H26ClN3O3. The molecule has 1 aromatic rings. The van der Waals surface area contributed by atoms with Gasteiger partial charge in [0.15, 0.2) is 5.76 Å². The summed E-state index contributed by atoms with van der Waals surface area (Å²) in [6, 6.07) is 4.67. The van der Waals surface area contributed by atoms with Gasteiger partial charge in [-0.15, -0.1) is 12.4 Å². The first-order valence-corrected chi connectivity index (χ1v) is 9.05. The number of piperidine rings is 1. The number of halogens is 1. The Morgan fingerprint density at radius 1 is 1.08 bits per heavy atom. The number of hydrogen-bond donors (Lipinski definition) is 1. The van der Waals surface area contributed by atoms with Crippen molar-refractivity contribution in [2.75, 3.05) is 26.2 Å². The predicted octanol–water partition coefficient (Wildman–Crippen LogP) is 1.91. The van der Waals surface area contributed by atoms with Crippen LogP contribution in [0.3, 0.4) is 0 Å². The van der Waals surface area contributed by atoms with Crippen molar-refractivity contribution in [2.24, 2.45) is 5.92 Å². The topological polar surface area (TPSA) is 65.8 Å². The smallest absolute Gasteiger partial charge is 0.289 e. The Bertz CT molecular complexity index is 587. The van der Waals surface area contributed by atoms with Crippen molar-refractivity contribution in [1.82, 2.24) is 15.1 Å². The Hall–Kier alpha value is -1.53. The molecule has 3 aliphatic heterocycles. The average Bonchev–Trinajstić information content (AvgIpc) is 3.24. The number of hydrogen-bond acceptors (Lipinski definition) is 4. The summed E-state index contributed by atoms with van der Waals surface area (Å²) in [5.41, 5.74) is 0. The normalized spacial score (nSPS) is 28.6. The maximum Gasteiger partial charge on any atom is 0.289 e. The van der Waals surface area contributed by atoms with E-state index in [0.29, 0.717) is 56.4 Å². The van der Waals surface area contributed by atoms with E-state index in [2.05, 4.69) is 5.32 Å². The van der Waals surface area contributed by atoms with E-state index in [1.165, 1.54) is 19.1 Å². The Morgan fingerprint density at radius 3 is 2.32 bits per heavy atom. The maximum absolute atomic E-state index is 12.6. The quantitative estimate of drug-likeness (QED) is 0.886. The fourth-order valence-corrected chi connectivity index (χ4v) is 4.43. The minimum absolute atomic E-state index is 0. The summed E-state index contributed by atoms with van der Waals surface area (Å²) in [7, 11) is 0. The van der Waals surface area contributed by atoms with Crippen LogP contribution in [0.1, 0.15) is 42.7 Å². The lowest BCUT2D eigenvalue weighted by Gasteiger charge is -2.36. The van der Waals surface area contributed by atoms with Gasteiger partial charge in [0, 0.05) is 44.7 Å². The molecule has 25 heavy (non-hydrogen) atoms. The van der Waals surface area contributed by atoms with Crippen molar-refractivity contribution < 1.29 is 14.0 Å². The first-order valence-electron chi connectivity index (χ1n) is 9.05. The maximum atomic E-state index is 12.6. The molecule has 2 bridgehead atoms. The molecule has 0 saturated carbocycles. The van der Waals surface area contributed by atoms with E-state index in [1.54, 1.807) is 17.0 Å². The number of carbonyl (C=O) groups excluding carboxylic acids is 2. The van der Waals surface area contributed by atoms with Crippen molar-refractivity contribution in [1.29, 1.82) is 0 Å². The molecule has 138 valence electrons. The molecule has 0 aliphatic carbocycles. The minimum Gasteiger partial charge on any atom is -0.459 e. The molecule has 1 N–H and O–H groups in total. The summed E-state index contributed by atoms with van der Waals surface area (Å²) in [6.45, 7) is 2.43. The third-order valence-corrected chi connectivity index (χ3v) is 5.69. The van der Waals surface area contributed by atoms with Gasteiger partial charge in [0.1, 0.15) is 0 Å². The highest BCUT2D eigenvalue weighted by Crippen LogP contribution is 2.33. The van der Waals surface area contributed by atoms with E-state index in [4.69, 9.17) is 4.42 Å². The number of fused-ring (bicyclic) bond motifs is 2. The van der Waals surface area contributed by atoms with E-state index in [9.17, 15) is 9.59 Å². The molecule has 0 aromatic carbocycles. The molecular weight excluding hydrogens is 342 g/mol. The van der Waals surface area contributed by atoms with Crippen molar-refractivity contribution in [2.45, 2.75) is 44.2 Å². The van der Waals surface area contributed by atoms with Gasteiger partial charge in [-0.05, 0) is 43.7 Å². The lowest BCUT2D eigenvalue weighted by molar-refractivity contribution is -0.134. The van der Waals surface area contributed by atoms with Crippen LogP contribution < -0.4 is 5.32 Å². The summed E-state index contributed by atoms with van der Waals surface area (Å²) in [6.07, 6.45) is 6.99. The molecule has 0 radical (unpaired) electrons. The molecule has 7 heteroatoms. The van der Waals surface area contributed by atoms with Crippen LogP contribution in [-0.2, 0) is 4.79 Å². The monoisotopic (exact) mass is 367 g/mol. The molecule has 3 fully saturated rings. The molecule has 2 unspecified atom stereocenters. The lowest BCUT2D eigenvalue weighted by Crippen LogP contribution is -2.51. The van der Waals surface area contributed by atoms with Gasteiger partial charge >= 0.3 is 0 Å². The van der Waals surface area contributed by atoms with Gasteiger partial charge in [-0.25, -0.2) is 0 Å². The molecule has 4 rings (SSSR count). The summed E-state index contributed by atoms with van der Waals surface area (Å²) in [4.78, 5) is 28.5. The van der Waals surface area contributed by atoms with Crippen molar-refractivity contribution in [3.05, 3.63) is 24.2 Å². The van der Waals surface area contributed by atoms with Crippen LogP contribution in [0.5, 0.6) is 0 Å². The molecule has 4 heterocycles. The molecule has 2 amide bonds. The second-order valence-electron chi connectivity index (χ2n) is 7.33. The van der Waals surface area contributed by atoms with Crippen molar-refractivity contribution >= 4 is 24.2 Å². The van der Waals surface area contributed by atoms with Gasteiger partial charge in [0.05, 0.1) is 6.26 Å². The Kier molecular flexibility index (Phi) is 5.69. The standard InChI is InChI=1S/C18H25N3O3.ClH/c22-17(12-13-10-14-3-4-15(11-13)19-14)20-5-7-21(8-6-20)18(23)16-2-1-9-24-16;/h1-2,9,13-15,19H,3-8,10-12H2;1H. The highest BCUT2D eigenvalue weighted by molar-refractivity contribution is 5.91. The van der Waals surface area contributed by atoms with Crippen molar-refractivity contribution in [3.8, 4) is 0 Å². The number of furan rings is 1. The zero-order chi connectivity index (χ0) is 16.5. The van der Waals surface area contributed by atoms with Gasteiger partial charge in [-0.2, -0.15) is 0 Å². The first kappa shape index (κ1) is 18.3. The van der Waals surface area contributed by atoms with Crippen LogP contribution in [0.15, 0.2) is 22.8 Å². The number of amides is 2. The third-order valence-electron chi connectivity index (χ3n) is 5.69. The van der Waals surface area contributed by atoms with Gasteiger partial charge in [0.25, 0.3) is 5.91 Å². The fraction of sp³-hybridized carbons (Fsp3) is 0.667. The highest BCUT2D eigenvalue weighted by Gasteiger charge is 2.35. The van der Waals surface area contributed by atoms with Crippen LogP contribution in [0.4, 0.5) is 0 Å². The zero-order valence-electron chi connectivity index (χ0n) is 14.4. The number of nitrogens with one attached hydrogen (secondary N) is 1. The van der Waals surface area contributed by atoms with E-state index in [1.807, 2.05) is 4.90 Å². The minimum atomic E-state index is -0.0815. The molecule has 3 aliphatic rings. The van der Waals surface area contributed by atoms with Gasteiger partial charge in [-0.1, -0.05) is 0 Å². The largest absolute Gasteiger partial charge is 0.459 e. The predicted molar refractivity (Wildman–Crippen MR) is 95.7 cm³/mol. The zero-order valence-corrected chi connectivity index (χ0v) is 15.2. The average molecular weight is 368 g/mol. The Labute approximate surface area is 154 Å². The SMILES string of the molecule is Cl.O=C(CC1CC2CCC(C1)N2)N1CCN(C(=O)c2ccco2)CC1. The summed E-state index contributed by atoms with van der Waals surface area (Å²) in [5.74, 6) is 1.08. The second-order valence-corrected chi connectivity index (χ2v) is 7.33. The van der Waals surface area contributed by atoms with Crippen LogP contribution in [-0.4, -0.2) is 59.9 Å². The molecule has 0 spiro atoms. The fourth-order valence-electron chi connectivity index (χ4n) is 4.43. The van der Waals surface area contributed by atoms with E-state index in [-0.39, 0.29) is 24.2 Å². The van der Waals surface area contributed by atoms with E-state index >= 15 is 0 Å². The first-order chi connectivity index (χ1) is 11.7. The summed E-state index contributed by atoms with van der Waals surface area (Å²) in [5, 5.41) is 3.63. The van der Waals surface area contributed by atoms with Gasteiger partial charge in [0.2, 0.25) is 5.91 Å². The number of rotatable bonds is 3. The summed E-state index contributed by atoms with van der Waals surface area (Å²) >= 11 is 0. The number of piperazine rings is 1. The van der Waals surface area contributed by atoms with Gasteiger partial charge in [-0.3, -0.25) is 9.59 Å². The molecule has 3 saturated heterocycles.